The molecule has 1 unspecified atom stereocenters. The van der Waals surface area contributed by atoms with Crippen LogP contribution in [0.1, 0.15) is 25.3 Å². The van der Waals surface area contributed by atoms with Crippen molar-refractivity contribution in [3.63, 3.8) is 0 Å². The molecule has 18 heavy (non-hydrogen) atoms. The molecule has 1 atom stereocenters. The van der Waals surface area contributed by atoms with E-state index in [-0.39, 0.29) is 17.5 Å². The highest BCUT2D eigenvalue weighted by molar-refractivity contribution is 6.30. The minimum absolute atomic E-state index is 0.0338. The van der Waals surface area contributed by atoms with E-state index in [9.17, 15) is 4.39 Å². The van der Waals surface area contributed by atoms with Crippen molar-refractivity contribution in [1.29, 1.82) is 0 Å². The standard InChI is InChI=1S/C12H13ClFN3O/c1-3-10(15-2)12-17-16-11(18-12)8-6-7(13)4-5-9(8)14/h4-6,10,15H,3H2,1-2H3. The van der Waals surface area contributed by atoms with Crippen molar-refractivity contribution < 1.29 is 8.81 Å². The van der Waals surface area contributed by atoms with Crippen LogP contribution in [0, 0.1) is 5.82 Å². The van der Waals surface area contributed by atoms with Crippen LogP contribution in [0.2, 0.25) is 5.02 Å². The average molecular weight is 270 g/mol. The van der Waals surface area contributed by atoms with Crippen molar-refractivity contribution in [2.24, 2.45) is 0 Å². The monoisotopic (exact) mass is 269 g/mol. The number of rotatable bonds is 4. The normalized spacial score (nSPS) is 12.7. The Balaban J connectivity index is 2.37. The molecule has 96 valence electrons. The average Bonchev–Trinajstić information content (AvgIpc) is 2.83. The van der Waals surface area contributed by atoms with E-state index in [1.165, 1.54) is 18.2 Å². The van der Waals surface area contributed by atoms with Crippen LogP contribution in [-0.4, -0.2) is 17.2 Å². The minimum atomic E-state index is -0.438. The first-order valence-corrected chi connectivity index (χ1v) is 5.99. The molecule has 1 aromatic heterocycles. The SMILES string of the molecule is CCC(NC)c1nnc(-c2cc(Cl)ccc2F)o1. The van der Waals surface area contributed by atoms with E-state index in [1.54, 1.807) is 7.05 Å². The quantitative estimate of drug-likeness (QED) is 0.926. The van der Waals surface area contributed by atoms with Gasteiger partial charge in [-0.05, 0) is 31.7 Å². The summed E-state index contributed by atoms with van der Waals surface area (Å²) in [5, 5.41) is 11.2. The third kappa shape index (κ3) is 2.52. The summed E-state index contributed by atoms with van der Waals surface area (Å²) < 4.78 is 19.1. The third-order valence-electron chi connectivity index (χ3n) is 2.65. The van der Waals surface area contributed by atoms with Crippen molar-refractivity contribution in [2.75, 3.05) is 7.05 Å². The summed E-state index contributed by atoms with van der Waals surface area (Å²) in [7, 11) is 1.80. The minimum Gasteiger partial charge on any atom is -0.419 e. The fraction of sp³-hybridized carbons (Fsp3) is 0.333. The molecular formula is C12H13ClFN3O. The van der Waals surface area contributed by atoms with Crippen molar-refractivity contribution in [2.45, 2.75) is 19.4 Å². The highest BCUT2D eigenvalue weighted by Gasteiger charge is 2.18. The van der Waals surface area contributed by atoms with Crippen LogP contribution in [-0.2, 0) is 0 Å². The van der Waals surface area contributed by atoms with Gasteiger partial charge in [-0.25, -0.2) is 4.39 Å². The summed E-state index contributed by atoms with van der Waals surface area (Å²) in [5.41, 5.74) is 0.215. The Hall–Kier alpha value is -1.46. The smallest absolute Gasteiger partial charge is 0.250 e. The van der Waals surface area contributed by atoms with Crippen LogP contribution < -0.4 is 5.32 Å². The van der Waals surface area contributed by atoms with Crippen LogP contribution >= 0.6 is 11.6 Å². The first kappa shape index (κ1) is 13.0. The molecule has 0 saturated carbocycles. The number of hydrogen-bond donors (Lipinski definition) is 1. The summed E-state index contributed by atoms with van der Waals surface area (Å²) in [6.07, 6.45) is 0.802. The van der Waals surface area contributed by atoms with Gasteiger partial charge in [-0.2, -0.15) is 0 Å². The van der Waals surface area contributed by atoms with Gasteiger partial charge in [-0.15, -0.1) is 10.2 Å². The van der Waals surface area contributed by atoms with Gasteiger partial charge in [0, 0.05) is 5.02 Å². The largest absolute Gasteiger partial charge is 0.419 e. The summed E-state index contributed by atoms with van der Waals surface area (Å²) in [6, 6.07) is 4.18. The van der Waals surface area contributed by atoms with E-state index in [4.69, 9.17) is 16.0 Å². The lowest BCUT2D eigenvalue weighted by Gasteiger charge is -2.07. The molecule has 0 aliphatic heterocycles. The lowest BCUT2D eigenvalue weighted by Crippen LogP contribution is -2.15. The Morgan fingerprint density at radius 3 is 2.89 bits per heavy atom. The van der Waals surface area contributed by atoms with Crippen LogP contribution in [0.3, 0.4) is 0 Å². The molecule has 0 radical (unpaired) electrons. The van der Waals surface area contributed by atoms with Crippen LogP contribution in [0.15, 0.2) is 22.6 Å². The first-order valence-electron chi connectivity index (χ1n) is 5.61. The Bertz CT molecular complexity index is 540. The van der Waals surface area contributed by atoms with Gasteiger partial charge in [0.15, 0.2) is 0 Å². The Morgan fingerprint density at radius 1 is 1.44 bits per heavy atom. The molecule has 0 aliphatic carbocycles. The molecule has 1 aromatic carbocycles. The Labute approximate surface area is 109 Å². The molecule has 0 bridgehead atoms. The highest BCUT2D eigenvalue weighted by Crippen LogP contribution is 2.26. The van der Waals surface area contributed by atoms with Gasteiger partial charge in [0.05, 0.1) is 11.6 Å². The second kappa shape index (κ2) is 5.46. The molecule has 0 amide bonds. The summed E-state index contributed by atoms with van der Waals surface area (Å²) in [6.45, 7) is 1.99. The third-order valence-corrected chi connectivity index (χ3v) is 2.89. The van der Waals surface area contributed by atoms with Crippen molar-refractivity contribution in [3.8, 4) is 11.5 Å². The molecular weight excluding hydrogens is 257 g/mol. The van der Waals surface area contributed by atoms with E-state index in [0.717, 1.165) is 6.42 Å². The fourth-order valence-electron chi connectivity index (χ4n) is 1.65. The van der Waals surface area contributed by atoms with E-state index in [1.807, 2.05) is 6.92 Å². The molecule has 0 fully saturated rings. The summed E-state index contributed by atoms with van der Waals surface area (Å²) in [5.74, 6) is 0.139. The number of nitrogens with one attached hydrogen (secondary N) is 1. The molecule has 2 aromatic rings. The van der Waals surface area contributed by atoms with E-state index in [2.05, 4.69) is 15.5 Å². The van der Waals surface area contributed by atoms with E-state index >= 15 is 0 Å². The van der Waals surface area contributed by atoms with Crippen LogP contribution in [0.4, 0.5) is 4.39 Å². The molecule has 6 heteroatoms. The molecule has 4 nitrogen and oxygen atoms in total. The van der Waals surface area contributed by atoms with Gasteiger partial charge in [0.1, 0.15) is 5.82 Å². The second-order valence-electron chi connectivity index (χ2n) is 3.82. The molecule has 0 spiro atoms. The molecule has 0 aliphatic rings. The van der Waals surface area contributed by atoms with Gasteiger partial charge in [-0.3, -0.25) is 0 Å². The van der Waals surface area contributed by atoms with Gasteiger partial charge < -0.3 is 9.73 Å². The lowest BCUT2D eigenvalue weighted by molar-refractivity contribution is 0.414. The maximum atomic E-state index is 13.6. The van der Waals surface area contributed by atoms with Gasteiger partial charge in [0.25, 0.3) is 5.89 Å². The summed E-state index contributed by atoms with van der Waals surface area (Å²) in [4.78, 5) is 0. The first-order chi connectivity index (χ1) is 8.65. The van der Waals surface area contributed by atoms with Gasteiger partial charge in [-0.1, -0.05) is 18.5 Å². The van der Waals surface area contributed by atoms with Crippen molar-refractivity contribution in [1.82, 2.24) is 15.5 Å². The van der Waals surface area contributed by atoms with E-state index in [0.29, 0.717) is 10.9 Å². The lowest BCUT2D eigenvalue weighted by atomic mass is 10.2. The van der Waals surface area contributed by atoms with Crippen molar-refractivity contribution >= 4 is 11.6 Å². The van der Waals surface area contributed by atoms with Gasteiger partial charge >= 0.3 is 0 Å². The maximum absolute atomic E-state index is 13.6. The zero-order chi connectivity index (χ0) is 13.1. The number of halogens is 2. The topological polar surface area (TPSA) is 51.0 Å². The number of hydrogen-bond acceptors (Lipinski definition) is 4. The highest BCUT2D eigenvalue weighted by atomic mass is 35.5. The zero-order valence-corrected chi connectivity index (χ0v) is 10.8. The predicted octanol–water partition coefficient (Wildman–Crippen LogP) is 3.20. The van der Waals surface area contributed by atoms with Gasteiger partial charge in [0.2, 0.25) is 5.89 Å². The molecule has 1 N–H and O–H groups in total. The maximum Gasteiger partial charge on any atom is 0.250 e. The number of nitrogens with zero attached hydrogens (tertiary/aromatic N) is 2. The number of benzene rings is 1. The Morgan fingerprint density at radius 2 is 2.22 bits per heavy atom. The molecule has 2 rings (SSSR count). The summed E-state index contributed by atoms with van der Waals surface area (Å²) >= 11 is 5.82. The van der Waals surface area contributed by atoms with Crippen molar-refractivity contribution in [3.05, 3.63) is 34.9 Å². The number of aromatic nitrogens is 2. The molecule has 0 saturated heterocycles. The van der Waals surface area contributed by atoms with Crippen LogP contribution in [0.25, 0.3) is 11.5 Å². The molecule has 1 heterocycles. The zero-order valence-electron chi connectivity index (χ0n) is 10.1. The second-order valence-corrected chi connectivity index (χ2v) is 4.26. The van der Waals surface area contributed by atoms with E-state index < -0.39 is 5.82 Å². The fourth-order valence-corrected chi connectivity index (χ4v) is 1.82. The predicted molar refractivity (Wildman–Crippen MR) is 66.8 cm³/mol. The Kier molecular flexibility index (Phi) is 3.93. The van der Waals surface area contributed by atoms with Crippen LogP contribution in [0.5, 0.6) is 0 Å².